The molecule has 0 saturated heterocycles. The van der Waals surface area contributed by atoms with Crippen molar-refractivity contribution in [1.82, 2.24) is 4.57 Å². The van der Waals surface area contributed by atoms with Gasteiger partial charge >= 0.3 is 0 Å². The molecule has 50 heavy (non-hydrogen) atoms. The Hall–Kier alpha value is -6.36. The lowest BCUT2D eigenvalue weighted by molar-refractivity contribution is 0.669. The van der Waals surface area contributed by atoms with Gasteiger partial charge in [-0.15, -0.1) is 11.3 Å². The lowest BCUT2D eigenvalue weighted by atomic mass is 10.0. The van der Waals surface area contributed by atoms with Gasteiger partial charge in [0.25, 0.3) is 0 Å². The second-order valence-electron chi connectivity index (χ2n) is 12.9. The minimum Gasteiger partial charge on any atom is -0.454 e. The van der Waals surface area contributed by atoms with Gasteiger partial charge in [0, 0.05) is 58.8 Å². The van der Waals surface area contributed by atoms with E-state index in [-0.39, 0.29) is 0 Å². The van der Waals surface area contributed by atoms with Gasteiger partial charge in [-0.25, -0.2) is 0 Å². The molecule has 234 valence electrons. The average molecular weight is 657 g/mol. The van der Waals surface area contributed by atoms with Gasteiger partial charge in [-0.3, -0.25) is 0 Å². The number of para-hydroxylation sites is 4. The maximum atomic E-state index is 6.67. The van der Waals surface area contributed by atoms with Crippen molar-refractivity contribution in [2.24, 2.45) is 0 Å². The Bertz CT molecular complexity index is 3110. The quantitative estimate of drug-likeness (QED) is 0.188. The van der Waals surface area contributed by atoms with Crippen molar-refractivity contribution in [3.05, 3.63) is 170 Å². The zero-order valence-electron chi connectivity index (χ0n) is 26.9. The summed E-state index contributed by atoms with van der Waals surface area (Å²) in [7, 11) is 0. The highest BCUT2D eigenvalue weighted by atomic mass is 32.1. The summed E-state index contributed by atoms with van der Waals surface area (Å²) in [5.41, 5.74) is 8.38. The van der Waals surface area contributed by atoms with Crippen LogP contribution < -0.4 is 4.90 Å². The molecule has 0 bridgehead atoms. The molecule has 0 atom stereocenters. The van der Waals surface area contributed by atoms with E-state index < -0.39 is 0 Å². The van der Waals surface area contributed by atoms with E-state index in [1.807, 2.05) is 17.4 Å². The average Bonchev–Trinajstić information content (AvgIpc) is 3.85. The van der Waals surface area contributed by atoms with Gasteiger partial charge in [0.05, 0.1) is 16.7 Å². The predicted molar refractivity (Wildman–Crippen MR) is 213 cm³/mol. The molecule has 0 amide bonds. The Morgan fingerprint density at radius 2 is 1.16 bits per heavy atom. The molecule has 4 heteroatoms. The summed E-state index contributed by atoms with van der Waals surface area (Å²) in [4.78, 5) is 2.37. The van der Waals surface area contributed by atoms with Gasteiger partial charge in [0.2, 0.25) is 0 Å². The third-order valence-corrected chi connectivity index (χ3v) is 11.3. The van der Waals surface area contributed by atoms with Crippen LogP contribution in [-0.4, -0.2) is 4.57 Å². The van der Waals surface area contributed by atoms with Gasteiger partial charge in [-0.2, -0.15) is 0 Å². The van der Waals surface area contributed by atoms with Crippen molar-refractivity contribution in [2.75, 3.05) is 4.90 Å². The standard InChI is InChI=1S/C46H28N2OS/c1-2-11-30(12-3-1)48-39-17-7-4-13-34(39)35-25-23-32(28-41(35)48)47(40-18-10-16-37-36-14-5-8-19-42(36)49-46(37)40)31-22-24-33-29(27-31)21-26-44-45(33)38-15-6-9-20-43(38)50-44/h1-28H. The molecule has 3 aromatic heterocycles. The van der Waals surface area contributed by atoms with E-state index in [9.17, 15) is 0 Å². The van der Waals surface area contributed by atoms with Gasteiger partial charge in [-0.05, 0) is 77.5 Å². The number of benzene rings is 8. The predicted octanol–water partition coefficient (Wildman–Crippen LogP) is 13.7. The second kappa shape index (κ2) is 10.6. The molecular weight excluding hydrogens is 629 g/mol. The van der Waals surface area contributed by atoms with Crippen LogP contribution in [0.25, 0.3) is 80.4 Å². The molecule has 11 aromatic rings. The zero-order valence-corrected chi connectivity index (χ0v) is 27.7. The van der Waals surface area contributed by atoms with E-state index in [4.69, 9.17) is 4.42 Å². The van der Waals surface area contributed by atoms with E-state index >= 15 is 0 Å². The van der Waals surface area contributed by atoms with Crippen molar-refractivity contribution >= 4 is 103 Å². The summed E-state index contributed by atoms with van der Waals surface area (Å²) in [6, 6.07) is 61.2. The van der Waals surface area contributed by atoms with Crippen LogP contribution in [0.1, 0.15) is 0 Å². The summed E-state index contributed by atoms with van der Waals surface area (Å²) in [5.74, 6) is 0. The number of hydrogen-bond donors (Lipinski definition) is 0. The Balaban J connectivity index is 1.21. The zero-order chi connectivity index (χ0) is 32.8. The Morgan fingerprint density at radius 3 is 2.06 bits per heavy atom. The molecule has 0 aliphatic rings. The van der Waals surface area contributed by atoms with Crippen LogP contribution in [0.5, 0.6) is 0 Å². The first kappa shape index (κ1) is 27.6. The number of fused-ring (bicyclic) bond motifs is 11. The lowest BCUT2D eigenvalue weighted by Gasteiger charge is -2.26. The van der Waals surface area contributed by atoms with Crippen molar-refractivity contribution in [3.8, 4) is 5.69 Å². The fourth-order valence-corrected chi connectivity index (χ4v) is 9.09. The van der Waals surface area contributed by atoms with Gasteiger partial charge < -0.3 is 13.9 Å². The Kier molecular flexibility index (Phi) is 5.83. The summed E-state index contributed by atoms with van der Waals surface area (Å²) >= 11 is 1.86. The number of hydrogen-bond acceptors (Lipinski definition) is 3. The van der Waals surface area contributed by atoms with Crippen LogP contribution in [0.3, 0.4) is 0 Å². The highest BCUT2D eigenvalue weighted by Gasteiger charge is 2.22. The minimum absolute atomic E-state index is 0.872. The molecule has 0 unspecified atom stereocenters. The summed E-state index contributed by atoms with van der Waals surface area (Å²) < 4.78 is 11.7. The van der Waals surface area contributed by atoms with Crippen LogP contribution in [0, 0.1) is 0 Å². The van der Waals surface area contributed by atoms with Gasteiger partial charge in [-0.1, -0.05) is 103 Å². The molecule has 3 heterocycles. The largest absolute Gasteiger partial charge is 0.454 e. The third-order valence-electron chi connectivity index (χ3n) is 10.2. The number of anilines is 3. The van der Waals surface area contributed by atoms with Crippen LogP contribution >= 0.6 is 11.3 Å². The molecule has 0 N–H and O–H groups in total. The fourth-order valence-electron chi connectivity index (χ4n) is 7.97. The highest BCUT2D eigenvalue weighted by Crippen LogP contribution is 2.46. The van der Waals surface area contributed by atoms with E-state index in [1.54, 1.807) is 0 Å². The van der Waals surface area contributed by atoms with E-state index in [0.29, 0.717) is 0 Å². The number of thiophene rings is 1. The van der Waals surface area contributed by atoms with E-state index in [0.717, 1.165) is 50.2 Å². The molecular formula is C46H28N2OS. The smallest absolute Gasteiger partial charge is 0.159 e. The number of aromatic nitrogens is 1. The first-order valence-electron chi connectivity index (χ1n) is 16.9. The van der Waals surface area contributed by atoms with Crippen molar-refractivity contribution in [2.45, 2.75) is 0 Å². The molecule has 11 rings (SSSR count). The molecule has 0 spiro atoms. The molecule has 0 radical (unpaired) electrons. The molecule has 8 aromatic carbocycles. The third kappa shape index (κ3) is 3.97. The van der Waals surface area contributed by atoms with Crippen molar-refractivity contribution < 1.29 is 4.42 Å². The van der Waals surface area contributed by atoms with Crippen molar-refractivity contribution in [3.63, 3.8) is 0 Å². The monoisotopic (exact) mass is 656 g/mol. The molecule has 0 saturated carbocycles. The van der Waals surface area contributed by atoms with Gasteiger partial charge in [0.1, 0.15) is 5.58 Å². The molecule has 3 nitrogen and oxygen atoms in total. The summed E-state index contributed by atoms with van der Waals surface area (Å²) in [6.07, 6.45) is 0. The maximum absolute atomic E-state index is 6.67. The lowest BCUT2D eigenvalue weighted by Crippen LogP contribution is -2.10. The SMILES string of the molecule is c1ccc(-n2c3ccccc3c3ccc(N(c4ccc5c(ccc6sc7ccccc7c65)c4)c4cccc5c4oc4ccccc45)cc32)cc1. The highest BCUT2D eigenvalue weighted by molar-refractivity contribution is 7.26. The summed E-state index contributed by atoms with van der Waals surface area (Å²) in [6.45, 7) is 0. The molecule has 0 aliphatic heterocycles. The summed E-state index contributed by atoms with van der Waals surface area (Å²) in [5, 5.41) is 9.80. The number of furan rings is 1. The van der Waals surface area contributed by atoms with Crippen molar-refractivity contribution in [1.29, 1.82) is 0 Å². The van der Waals surface area contributed by atoms with E-state index in [2.05, 4.69) is 173 Å². The number of rotatable bonds is 4. The first-order chi connectivity index (χ1) is 24.8. The fraction of sp³-hybridized carbons (Fsp3) is 0. The Labute approximate surface area is 291 Å². The van der Waals surface area contributed by atoms with Gasteiger partial charge in [0.15, 0.2) is 5.58 Å². The second-order valence-corrected chi connectivity index (χ2v) is 14.0. The minimum atomic E-state index is 0.872. The van der Waals surface area contributed by atoms with E-state index in [1.165, 1.54) is 47.2 Å². The molecule has 0 fully saturated rings. The molecule has 0 aliphatic carbocycles. The van der Waals surface area contributed by atoms with Crippen LogP contribution in [0.15, 0.2) is 174 Å². The van der Waals surface area contributed by atoms with Crippen LogP contribution in [0.2, 0.25) is 0 Å². The topological polar surface area (TPSA) is 21.3 Å². The number of nitrogens with zero attached hydrogens (tertiary/aromatic N) is 2. The Morgan fingerprint density at radius 1 is 0.460 bits per heavy atom. The first-order valence-corrected chi connectivity index (χ1v) is 17.7. The normalized spacial score (nSPS) is 12.0. The van der Waals surface area contributed by atoms with Crippen LogP contribution in [-0.2, 0) is 0 Å². The maximum Gasteiger partial charge on any atom is 0.159 e. The van der Waals surface area contributed by atoms with Crippen LogP contribution in [0.4, 0.5) is 17.1 Å².